The Kier molecular flexibility index (Phi) is 4.96. The van der Waals surface area contributed by atoms with E-state index in [4.69, 9.17) is 9.47 Å². The molecule has 1 saturated carbocycles. The van der Waals surface area contributed by atoms with Gasteiger partial charge in [-0.05, 0) is 56.1 Å². The summed E-state index contributed by atoms with van der Waals surface area (Å²) in [5, 5.41) is 3.33. The minimum absolute atomic E-state index is 0.279. The second kappa shape index (κ2) is 7.32. The van der Waals surface area contributed by atoms with Crippen LogP contribution in [0.5, 0.6) is 11.5 Å². The van der Waals surface area contributed by atoms with Gasteiger partial charge in [0.05, 0.1) is 0 Å². The summed E-state index contributed by atoms with van der Waals surface area (Å²) in [4.78, 5) is 0. The summed E-state index contributed by atoms with van der Waals surface area (Å²) in [7, 11) is 2.01. The molecule has 2 atom stereocenters. The van der Waals surface area contributed by atoms with Crippen molar-refractivity contribution in [3.05, 3.63) is 60.2 Å². The number of likely N-dealkylation sites (N-methyl/N-ethyl adjacent to an activating group) is 1. The molecule has 2 aromatic rings. The van der Waals surface area contributed by atoms with Crippen molar-refractivity contribution in [3.63, 3.8) is 0 Å². The van der Waals surface area contributed by atoms with Crippen molar-refractivity contribution in [2.24, 2.45) is 0 Å². The molecule has 0 spiro atoms. The first-order valence-corrected chi connectivity index (χ1v) is 7.96. The molecule has 2 unspecified atom stereocenters. The van der Waals surface area contributed by atoms with Gasteiger partial charge < -0.3 is 14.8 Å². The van der Waals surface area contributed by atoms with Gasteiger partial charge in [0.25, 0.3) is 0 Å². The zero-order valence-electron chi connectivity index (χ0n) is 13.0. The van der Waals surface area contributed by atoms with Crippen molar-refractivity contribution in [3.8, 4) is 11.5 Å². The lowest BCUT2D eigenvalue weighted by molar-refractivity contribution is 0.178. The number of nitrogens with one attached hydrogen (secondary N) is 1. The van der Waals surface area contributed by atoms with Crippen molar-refractivity contribution in [2.75, 3.05) is 7.05 Å². The molecule has 0 radical (unpaired) electrons. The van der Waals surface area contributed by atoms with Crippen molar-refractivity contribution in [1.82, 2.24) is 5.32 Å². The largest absolute Gasteiger partial charge is 0.489 e. The van der Waals surface area contributed by atoms with Gasteiger partial charge in [0, 0.05) is 6.04 Å². The van der Waals surface area contributed by atoms with E-state index in [0.717, 1.165) is 17.9 Å². The molecule has 2 aromatic carbocycles. The van der Waals surface area contributed by atoms with E-state index in [0.29, 0.717) is 12.6 Å². The van der Waals surface area contributed by atoms with Gasteiger partial charge in [-0.1, -0.05) is 30.3 Å². The lowest BCUT2D eigenvalue weighted by atomic mass is 10.2. The van der Waals surface area contributed by atoms with Gasteiger partial charge >= 0.3 is 0 Å². The Morgan fingerprint density at radius 3 is 2.41 bits per heavy atom. The van der Waals surface area contributed by atoms with Crippen molar-refractivity contribution < 1.29 is 9.47 Å². The van der Waals surface area contributed by atoms with Gasteiger partial charge in [0.1, 0.15) is 24.2 Å². The van der Waals surface area contributed by atoms with Gasteiger partial charge in [-0.25, -0.2) is 0 Å². The third kappa shape index (κ3) is 3.80. The summed E-state index contributed by atoms with van der Waals surface area (Å²) in [6.45, 7) is 0.589. The van der Waals surface area contributed by atoms with Crippen LogP contribution in [0.2, 0.25) is 0 Å². The highest BCUT2D eigenvalue weighted by Crippen LogP contribution is 2.26. The molecular formula is C19H23NO2. The lowest BCUT2D eigenvalue weighted by Gasteiger charge is -2.20. The number of benzene rings is 2. The second-order valence-electron chi connectivity index (χ2n) is 5.73. The molecule has 0 aliphatic heterocycles. The normalized spacial score (nSPS) is 20.8. The van der Waals surface area contributed by atoms with Crippen LogP contribution in [0.25, 0.3) is 0 Å². The highest BCUT2D eigenvalue weighted by atomic mass is 16.5. The van der Waals surface area contributed by atoms with Crippen LogP contribution in [0.1, 0.15) is 24.8 Å². The zero-order valence-corrected chi connectivity index (χ0v) is 13.0. The van der Waals surface area contributed by atoms with Crippen LogP contribution in [-0.2, 0) is 6.61 Å². The van der Waals surface area contributed by atoms with Gasteiger partial charge in [0.15, 0.2) is 0 Å². The Morgan fingerprint density at radius 1 is 0.955 bits per heavy atom. The molecule has 3 rings (SSSR count). The highest BCUT2D eigenvalue weighted by Gasteiger charge is 2.27. The number of hydrogen-bond donors (Lipinski definition) is 1. The maximum Gasteiger partial charge on any atom is 0.120 e. The molecule has 22 heavy (non-hydrogen) atoms. The second-order valence-corrected chi connectivity index (χ2v) is 5.73. The van der Waals surface area contributed by atoms with Gasteiger partial charge in [-0.2, -0.15) is 0 Å². The monoisotopic (exact) mass is 297 g/mol. The van der Waals surface area contributed by atoms with Crippen molar-refractivity contribution in [2.45, 2.75) is 38.0 Å². The van der Waals surface area contributed by atoms with E-state index >= 15 is 0 Å². The van der Waals surface area contributed by atoms with Crippen LogP contribution in [0.3, 0.4) is 0 Å². The fourth-order valence-corrected chi connectivity index (χ4v) is 2.93. The third-order valence-electron chi connectivity index (χ3n) is 4.18. The Labute approximate surface area is 132 Å². The molecule has 1 fully saturated rings. The SMILES string of the molecule is CNC1CCCC1Oc1ccc(OCc2ccccc2)cc1. The average molecular weight is 297 g/mol. The minimum Gasteiger partial charge on any atom is -0.489 e. The van der Waals surface area contributed by atoms with Crippen molar-refractivity contribution in [1.29, 1.82) is 0 Å². The Hall–Kier alpha value is -2.00. The summed E-state index contributed by atoms with van der Waals surface area (Å²) >= 11 is 0. The first-order valence-electron chi connectivity index (χ1n) is 7.96. The number of hydrogen-bond acceptors (Lipinski definition) is 3. The first-order chi connectivity index (χ1) is 10.8. The van der Waals surface area contributed by atoms with Crippen LogP contribution in [-0.4, -0.2) is 19.2 Å². The smallest absolute Gasteiger partial charge is 0.120 e. The molecule has 0 aromatic heterocycles. The maximum absolute atomic E-state index is 6.08. The topological polar surface area (TPSA) is 30.5 Å². The summed E-state index contributed by atoms with van der Waals surface area (Å²) in [6, 6.07) is 18.6. The molecule has 0 heterocycles. The minimum atomic E-state index is 0.279. The zero-order chi connectivity index (χ0) is 15.2. The molecule has 116 valence electrons. The number of ether oxygens (including phenoxy) is 2. The van der Waals surface area contributed by atoms with E-state index in [9.17, 15) is 0 Å². The predicted octanol–water partition coefficient (Wildman–Crippen LogP) is 3.78. The Morgan fingerprint density at radius 2 is 1.68 bits per heavy atom. The molecule has 3 heteroatoms. The Bertz CT molecular complexity index is 568. The fourth-order valence-electron chi connectivity index (χ4n) is 2.93. The molecule has 1 N–H and O–H groups in total. The van der Waals surface area contributed by atoms with E-state index in [1.165, 1.54) is 18.4 Å². The van der Waals surface area contributed by atoms with E-state index < -0.39 is 0 Å². The average Bonchev–Trinajstić information content (AvgIpc) is 3.02. The molecule has 1 aliphatic carbocycles. The fraction of sp³-hybridized carbons (Fsp3) is 0.368. The third-order valence-corrected chi connectivity index (χ3v) is 4.18. The van der Waals surface area contributed by atoms with Gasteiger partial charge in [0.2, 0.25) is 0 Å². The first kappa shape index (κ1) is 14.9. The highest BCUT2D eigenvalue weighted by molar-refractivity contribution is 5.32. The molecule has 3 nitrogen and oxygen atoms in total. The van der Waals surface area contributed by atoms with Crippen molar-refractivity contribution >= 4 is 0 Å². The molecule has 1 aliphatic rings. The molecular weight excluding hydrogens is 274 g/mol. The van der Waals surface area contributed by atoms with Crippen LogP contribution in [0, 0.1) is 0 Å². The van der Waals surface area contributed by atoms with Gasteiger partial charge in [-0.15, -0.1) is 0 Å². The van der Waals surface area contributed by atoms with E-state index in [2.05, 4.69) is 17.4 Å². The Balaban J connectivity index is 1.54. The quantitative estimate of drug-likeness (QED) is 0.880. The van der Waals surface area contributed by atoms with Crippen LogP contribution >= 0.6 is 0 Å². The van der Waals surface area contributed by atoms with Crippen LogP contribution < -0.4 is 14.8 Å². The summed E-state index contributed by atoms with van der Waals surface area (Å²) in [5.74, 6) is 1.78. The summed E-state index contributed by atoms with van der Waals surface area (Å²) < 4.78 is 11.9. The summed E-state index contributed by atoms with van der Waals surface area (Å²) in [6.07, 6.45) is 3.83. The number of rotatable bonds is 6. The predicted molar refractivity (Wildman–Crippen MR) is 88.3 cm³/mol. The maximum atomic E-state index is 6.08. The van der Waals surface area contributed by atoms with Crippen LogP contribution in [0.15, 0.2) is 54.6 Å². The van der Waals surface area contributed by atoms with E-state index in [-0.39, 0.29) is 6.10 Å². The van der Waals surface area contributed by atoms with Crippen LogP contribution in [0.4, 0.5) is 0 Å². The lowest BCUT2D eigenvalue weighted by Crippen LogP contribution is -2.36. The molecule has 0 amide bonds. The standard InChI is InChI=1S/C19H23NO2/c1-20-18-8-5-9-19(18)22-17-12-10-16(11-13-17)21-14-15-6-3-2-4-7-15/h2-4,6-7,10-13,18-20H,5,8-9,14H2,1H3. The van der Waals surface area contributed by atoms with E-state index in [1.807, 2.05) is 49.5 Å². The van der Waals surface area contributed by atoms with Gasteiger partial charge in [-0.3, -0.25) is 0 Å². The molecule has 0 saturated heterocycles. The summed E-state index contributed by atoms with van der Waals surface area (Å²) in [5.41, 5.74) is 1.17. The van der Waals surface area contributed by atoms with E-state index in [1.54, 1.807) is 0 Å². The molecule has 0 bridgehead atoms.